The minimum Gasteiger partial charge on any atom is -1.00 e. The van der Waals surface area contributed by atoms with Gasteiger partial charge in [-0.3, -0.25) is 0 Å². The zero-order valence-electron chi connectivity index (χ0n) is 10.6. The molecule has 18 heavy (non-hydrogen) atoms. The molecule has 0 bridgehead atoms. The van der Waals surface area contributed by atoms with E-state index < -0.39 is 0 Å². The Bertz CT molecular complexity index is 718. The Morgan fingerprint density at radius 3 is 2.67 bits per heavy atom. The van der Waals surface area contributed by atoms with E-state index in [9.17, 15) is 0 Å². The number of para-hydroxylation sites is 1. The largest absolute Gasteiger partial charge is 1.00 e. The van der Waals surface area contributed by atoms with Crippen molar-refractivity contribution in [3.05, 3.63) is 36.2 Å². The summed E-state index contributed by atoms with van der Waals surface area (Å²) in [5, 5.41) is 2.38. The van der Waals surface area contributed by atoms with E-state index in [1.807, 2.05) is 19.3 Å². The first kappa shape index (κ1) is 13.1. The van der Waals surface area contributed by atoms with E-state index in [1.165, 1.54) is 16.5 Å². The van der Waals surface area contributed by atoms with Gasteiger partial charge in [-0.15, -0.1) is 0 Å². The van der Waals surface area contributed by atoms with Crippen LogP contribution in [0.5, 0.6) is 5.75 Å². The van der Waals surface area contributed by atoms with Gasteiger partial charge in [0.25, 0.3) is 0 Å². The molecule has 1 N–H and O–H groups in total. The van der Waals surface area contributed by atoms with Gasteiger partial charge in [-0.05, 0) is 6.07 Å². The Hall–Kier alpha value is -1.30. The maximum Gasteiger partial charge on any atom is 0.211 e. The van der Waals surface area contributed by atoms with Gasteiger partial charge >= 0.3 is 0 Å². The second-order valence-corrected chi connectivity index (χ2v) is 4.31. The predicted molar refractivity (Wildman–Crippen MR) is 68.3 cm³/mol. The van der Waals surface area contributed by atoms with Gasteiger partial charge < -0.3 is 33.7 Å². The number of hydrogen-bond acceptors (Lipinski definition) is 1. The van der Waals surface area contributed by atoms with Gasteiger partial charge in [0.1, 0.15) is 12.6 Å². The second kappa shape index (κ2) is 4.76. The van der Waals surface area contributed by atoms with Crippen molar-refractivity contribution in [2.45, 2.75) is 6.92 Å². The van der Waals surface area contributed by atoms with Gasteiger partial charge in [-0.1, -0.05) is 18.2 Å². The molecular weight excluding hydrogens is 339 g/mol. The molecule has 2 aromatic heterocycles. The number of nitrogens with zero attached hydrogens (tertiary/aromatic N) is 1. The maximum atomic E-state index is 5.49. The van der Waals surface area contributed by atoms with Crippen LogP contribution in [0, 0.1) is 6.92 Å². The Morgan fingerprint density at radius 2 is 1.94 bits per heavy atom. The van der Waals surface area contributed by atoms with Gasteiger partial charge in [0.15, 0.2) is 5.75 Å². The summed E-state index contributed by atoms with van der Waals surface area (Å²) >= 11 is 0. The molecule has 0 unspecified atom stereocenters. The SMILES string of the molecule is COc1c[n+](C)c(C)c2[nH]c3ccccc3c12.[I-]. The molecule has 0 aliphatic heterocycles. The molecule has 0 atom stereocenters. The molecule has 4 heteroatoms. The normalized spacial score (nSPS) is 10.6. The van der Waals surface area contributed by atoms with Crippen molar-refractivity contribution in [1.29, 1.82) is 0 Å². The van der Waals surface area contributed by atoms with E-state index in [1.54, 1.807) is 7.11 Å². The lowest BCUT2D eigenvalue weighted by Gasteiger charge is -2.02. The first-order valence-electron chi connectivity index (χ1n) is 5.66. The highest BCUT2D eigenvalue weighted by molar-refractivity contribution is 6.10. The minimum absolute atomic E-state index is 0. The highest BCUT2D eigenvalue weighted by Crippen LogP contribution is 2.32. The van der Waals surface area contributed by atoms with Crippen LogP contribution < -0.4 is 33.3 Å². The number of nitrogens with one attached hydrogen (secondary N) is 1. The Morgan fingerprint density at radius 1 is 1.22 bits per heavy atom. The van der Waals surface area contributed by atoms with Crippen LogP contribution in [0.1, 0.15) is 5.69 Å². The van der Waals surface area contributed by atoms with Gasteiger partial charge in [-0.2, -0.15) is 0 Å². The summed E-state index contributed by atoms with van der Waals surface area (Å²) < 4.78 is 7.57. The van der Waals surface area contributed by atoms with Crippen LogP contribution in [-0.4, -0.2) is 12.1 Å². The summed E-state index contributed by atoms with van der Waals surface area (Å²) in [6.45, 7) is 2.11. The number of ether oxygens (including phenoxy) is 1. The van der Waals surface area contributed by atoms with Gasteiger partial charge in [0.2, 0.25) is 11.9 Å². The molecule has 0 saturated carbocycles. The number of pyridine rings is 1. The molecule has 0 fully saturated rings. The molecule has 0 aliphatic rings. The summed E-state index contributed by atoms with van der Waals surface area (Å²) in [5.41, 5.74) is 3.50. The van der Waals surface area contributed by atoms with E-state index in [0.717, 1.165) is 16.8 Å². The van der Waals surface area contributed by atoms with Crippen molar-refractivity contribution in [3.8, 4) is 5.75 Å². The number of fused-ring (bicyclic) bond motifs is 3. The number of aromatic amines is 1. The third-order valence-corrected chi connectivity index (χ3v) is 3.37. The molecule has 3 rings (SSSR count). The van der Waals surface area contributed by atoms with E-state index in [2.05, 4.69) is 34.7 Å². The third-order valence-electron chi connectivity index (χ3n) is 3.37. The highest BCUT2D eigenvalue weighted by Gasteiger charge is 2.17. The average molecular weight is 354 g/mol. The Kier molecular flexibility index (Phi) is 3.47. The van der Waals surface area contributed by atoms with Gasteiger partial charge in [-0.25, -0.2) is 4.57 Å². The van der Waals surface area contributed by atoms with Crippen LogP contribution in [0.4, 0.5) is 0 Å². The number of halogens is 1. The zero-order valence-corrected chi connectivity index (χ0v) is 12.8. The van der Waals surface area contributed by atoms with Crippen molar-refractivity contribution in [1.82, 2.24) is 4.98 Å². The fourth-order valence-corrected chi connectivity index (χ4v) is 2.34. The zero-order chi connectivity index (χ0) is 12.0. The fourth-order valence-electron chi connectivity index (χ4n) is 2.34. The molecule has 0 amide bonds. The van der Waals surface area contributed by atoms with Crippen molar-refractivity contribution < 1.29 is 33.3 Å². The number of H-pyrrole nitrogens is 1. The lowest BCUT2D eigenvalue weighted by molar-refractivity contribution is -0.676. The summed E-state index contributed by atoms with van der Waals surface area (Å²) in [5.74, 6) is 0.908. The molecule has 0 radical (unpaired) electrons. The van der Waals surface area contributed by atoms with Crippen LogP contribution in [0.2, 0.25) is 0 Å². The standard InChI is InChI=1S/C14H14N2O.HI/c1-9-14-13(12(17-3)8-16(9)2)10-6-4-5-7-11(10)15-14;/h4-8H,1-3H3;1H. The van der Waals surface area contributed by atoms with E-state index >= 15 is 0 Å². The van der Waals surface area contributed by atoms with Gasteiger partial charge in [0.05, 0.1) is 12.5 Å². The smallest absolute Gasteiger partial charge is 0.211 e. The Labute approximate surface area is 123 Å². The molecule has 0 spiro atoms. The lowest BCUT2D eigenvalue weighted by atomic mass is 10.1. The van der Waals surface area contributed by atoms with Crippen LogP contribution in [0.3, 0.4) is 0 Å². The third kappa shape index (κ3) is 1.75. The molecular formula is C14H15IN2O. The maximum absolute atomic E-state index is 5.49. The average Bonchev–Trinajstić information content (AvgIpc) is 2.73. The summed E-state index contributed by atoms with van der Waals surface area (Å²) in [6.07, 6.45) is 2.03. The molecule has 3 aromatic rings. The molecule has 2 heterocycles. The van der Waals surface area contributed by atoms with Crippen LogP contribution in [0.15, 0.2) is 30.5 Å². The number of hydrogen-bond donors (Lipinski definition) is 1. The van der Waals surface area contributed by atoms with Crippen molar-refractivity contribution >= 4 is 21.8 Å². The van der Waals surface area contributed by atoms with E-state index in [0.29, 0.717) is 0 Å². The number of aryl methyl sites for hydroxylation is 2. The Balaban J connectivity index is 0.00000120. The first-order chi connectivity index (χ1) is 8.22. The van der Waals surface area contributed by atoms with Crippen LogP contribution in [0.25, 0.3) is 21.8 Å². The molecule has 0 saturated heterocycles. The molecule has 1 aromatic carbocycles. The topological polar surface area (TPSA) is 28.9 Å². The number of benzene rings is 1. The van der Waals surface area contributed by atoms with Gasteiger partial charge in [0, 0.05) is 17.8 Å². The molecule has 3 nitrogen and oxygen atoms in total. The fraction of sp³-hybridized carbons (Fsp3) is 0.214. The quantitative estimate of drug-likeness (QED) is 0.462. The highest BCUT2D eigenvalue weighted by atomic mass is 127. The second-order valence-electron chi connectivity index (χ2n) is 4.31. The minimum atomic E-state index is 0. The summed E-state index contributed by atoms with van der Waals surface area (Å²) in [4.78, 5) is 3.46. The summed E-state index contributed by atoms with van der Waals surface area (Å²) in [7, 11) is 3.74. The first-order valence-corrected chi connectivity index (χ1v) is 5.66. The number of methoxy groups -OCH3 is 1. The van der Waals surface area contributed by atoms with Crippen LogP contribution >= 0.6 is 0 Å². The monoisotopic (exact) mass is 354 g/mol. The van der Waals surface area contributed by atoms with Crippen molar-refractivity contribution in [3.63, 3.8) is 0 Å². The van der Waals surface area contributed by atoms with Crippen molar-refractivity contribution in [2.75, 3.05) is 7.11 Å². The number of aromatic nitrogens is 2. The predicted octanol–water partition coefficient (Wildman–Crippen LogP) is -0.533. The van der Waals surface area contributed by atoms with E-state index in [4.69, 9.17) is 4.74 Å². The van der Waals surface area contributed by atoms with Crippen LogP contribution in [-0.2, 0) is 7.05 Å². The molecule has 0 aliphatic carbocycles. The van der Waals surface area contributed by atoms with Crippen molar-refractivity contribution in [2.24, 2.45) is 7.05 Å². The number of rotatable bonds is 1. The molecule has 94 valence electrons. The summed E-state index contributed by atoms with van der Waals surface area (Å²) in [6, 6.07) is 8.31. The van der Waals surface area contributed by atoms with E-state index in [-0.39, 0.29) is 24.0 Å². The lowest BCUT2D eigenvalue weighted by Crippen LogP contribution is -3.00.